The Morgan fingerprint density at radius 3 is 2.22 bits per heavy atom. The quantitative estimate of drug-likeness (QED) is 0.250. The molecule has 0 amide bonds. The average Bonchev–Trinajstić information content (AvgIpc) is 3.36. The zero-order chi connectivity index (χ0) is 27.3. The number of fused-ring (bicyclic) bond motifs is 1. The van der Waals surface area contributed by atoms with Gasteiger partial charge in [0.05, 0.1) is 6.61 Å². The van der Waals surface area contributed by atoms with Crippen molar-refractivity contribution in [2.75, 3.05) is 19.0 Å². The molecule has 0 aliphatic heterocycles. The molecule has 1 aromatic heterocycles. The second-order valence-electron chi connectivity index (χ2n) is 6.84. The highest BCUT2D eigenvalue weighted by Gasteiger charge is 2.10. The van der Waals surface area contributed by atoms with Crippen LogP contribution in [0, 0.1) is 0 Å². The third kappa shape index (κ3) is 9.57. The molecule has 2 aromatic carbocycles. The molecule has 194 valence electrons. The molecule has 3 rings (SSSR count). The van der Waals surface area contributed by atoms with Crippen molar-refractivity contribution in [3.63, 3.8) is 0 Å². The van der Waals surface area contributed by atoms with Gasteiger partial charge in [0.2, 0.25) is 0 Å². The Bertz CT molecular complexity index is 1080. The molecular formula is C32H43NO3. The van der Waals surface area contributed by atoms with Gasteiger partial charge in [-0.15, -0.1) is 6.58 Å². The van der Waals surface area contributed by atoms with Crippen LogP contribution in [0.15, 0.2) is 84.8 Å². The Balaban J connectivity index is 0.00000190. The maximum atomic E-state index is 9.14. The smallest absolute Gasteiger partial charge is 0.134 e. The van der Waals surface area contributed by atoms with Crippen molar-refractivity contribution in [2.45, 2.75) is 40.2 Å². The lowest BCUT2D eigenvalue weighted by Gasteiger charge is -2.18. The molecule has 1 unspecified atom stereocenters. The van der Waals surface area contributed by atoms with Gasteiger partial charge in [0.1, 0.15) is 11.5 Å². The van der Waals surface area contributed by atoms with Crippen molar-refractivity contribution < 1.29 is 14.6 Å². The van der Waals surface area contributed by atoms with Gasteiger partial charge >= 0.3 is 0 Å². The molecule has 3 N–H and O–H groups in total. The fraction of sp³-hybridized carbons (Fsp3) is 0.250. The van der Waals surface area contributed by atoms with E-state index in [4.69, 9.17) is 14.6 Å². The summed E-state index contributed by atoms with van der Waals surface area (Å²) in [6.45, 7) is 19.5. The lowest BCUT2D eigenvalue weighted by molar-refractivity contribution is 0.342. The maximum absolute atomic E-state index is 9.14. The number of furan rings is 1. The van der Waals surface area contributed by atoms with E-state index in [-0.39, 0.29) is 12.6 Å². The topological polar surface area (TPSA) is 65.6 Å². The normalized spacial score (nSPS) is 10.9. The lowest BCUT2D eigenvalue weighted by Crippen LogP contribution is -2.16. The fourth-order valence-electron chi connectivity index (χ4n) is 3.40. The Kier molecular flexibility index (Phi) is 17.7. The van der Waals surface area contributed by atoms with Gasteiger partial charge in [0.25, 0.3) is 0 Å². The predicted molar refractivity (Wildman–Crippen MR) is 161 cm³/mol. The summed E-state index contributed by atoms with van der Waals surface area (Å²) in [5.74, 6) is 1.45. The van der Waals surface area contributed by atoms with Gasteiger partial charge in [0, 0.05) is 30.0 Å². The summed E-state index contributed by atoms with van der Waals surface area (Å²) in [5, 5.41) is 22.0. The van der Waals surface area contributed by atoms with Crippen LogP contribution in [-0.4, -0.2) is 30.0 Å². The van der Waals surface area contributed by atoms with E-state index in [1.165, 1.54) is 0 Å². The average molecular weight is 490 g/mol. The molecule has 4 nitrogen and oxygen atoms in total. The third-order valence-corrected chi connectivity index (χ3v) is 4.84. The van der Waals surface area contributed by atoms with Gasteiger partial charge in [-0.3, -0.25) is 0 Å². The van der Waals surface area contributed by atoms with Crippen LogP contribution in [0.5, 0.6) is 0 Å². The summed E-state index contributed by atoms with van der Waals surface area (Å²) in [6, 6.07) is 14.4. The first kappa shape index (κ1) is 32.4. The molecular weight excluding hydrogens is 446 g/mol. The molecule has 0 saturated heterocycles. The molecule has 0 bridgehead atoms. The van der Waals surface area contributed by atoms with Crippen molar-refractivity contribution in [3.05, 3.63) is 103 Å². The van der Waals surface area contributed by atoms with Crippen LogP contribution in [0.3, 0.4) is 0 Å². The molecule has 0 aliphatic carbocycles. The highest BCUT2D eigenvalue weighted by Crippen LogP contribution is 2.30. The first-order valence-corrected chi connectivity index (χ1v) is 12.4. The SMILES string of the molecule is C=CCC(/C=C/CO)Nc1ccc2ccccc2c1/C=C/c1cc(C=C)c(C=C)o1.CC.CC.CO. The van der Waals surface area contributed by atoms with E-state index < -0.39 is 0 Å². The minimum absolute atomic E-state index is 0.00949. The Morgan fingerprint density at radius 2 is 1.64 bits per heavy atom. The first-order chi connectivity index (χ1) is 17.7. The second kappa shape index (κ2) is 19.7. The van der Waals surface area contributed by atoms with E-state index in [1.54, 1.807) is 18.2 Å². The molecule has 0 saturated carbocycles. The van der Waals surface area contributed by atoms with Gasteiger partial charge in [0.15, 0.2) is 0 Å². The Labute approximate surface area is 217 Å². The monoisotopic (exact) mass is 489 g/mol. The summed E-state index contributed by atoms with van der Waals surface area (Å²) in [5.41, 5.74) is 2.98. The molecule has 36 heavy (non-hydrogen) atoms. The summed E-state index contributed by atoms with van der Waals surface area (Å²) < 4.78 is 5.85. The van der Waals surface area contributed by atoms with Crippen LogP contribution in [-0.2, 0) is 0 Å². The molecule has 0 fully saturated rings. The van der Waals surface area contributed by atoms with Crippen LogP contribution < -0.4 is 5.32 Å². The van der Waals surface area contributed by atoms with Crippen molar-refractivity contribution >= 4 is 40.8 Å². The number of aliphatic hydroxyl groups is 2. The van der Waals surface area contributed by atoms with Crippen molar-refractivity contribution in [3.8, 4) is 0 Å². The number of nitrogens with one attached hydrogen (secondary N) is 1. The zero-order valence-corrected chi connectivity index (χ0v) is 22.5. The van der Waals surface area contributed by atoms with Crippen molar-refractivity contribution in [2.24, 2.45) is 0 Å². The Hall–Kier alpha value is -3.60. The minimum atomic E-state index is 0.00949. The Morgan fingerprint density at radius 1 is 0.944 bits per heavy atom. The summed E-state index contributed by atoms with van der Waals surface area (Å²) in [7, 11) is 1.00. The van der Waals surface area contributed by atoms with E-state index in [1.807, 2.05) is 64.1 Å². The standard InChI is InChI=1S/C27H27NO2.2C2H6.CH4O/c1-4-10-22(12-9-18-29)28-26-17-14-21-11-7-8-13-24(21)25(26)16-15-23-19-20(5-2)27(6-3)30-23;3*1-2/h4-9,11-17,19,22,28-29H,1-3,10,18H2;2*1-2H3;2H,1H3/b12-9+,16-15+;;;. The molecule has 0 radical (unpaired) electrons. The van der Waals surface area contributed by atoms with E-state index in [0.717, 1.165) is 46.9 Å². The van der Waals surface area contributed by atoms with Gasteiger partial charge in [-0.05, 0) is 47.6 Å². The minimum Gasteiger partial charge on any atom is -0.457 e. The highest BCUT2D eigenvalue weighted by molar-refractivity contribution is 5.98. The van der Waals surface area contributed by atoms with Crippen LogP contribution in [0.2, 0.25) is 0 Å². The number of aliphatic hydroxyl groups excluding tert-OH is 2. The van der Waals surface area contributed by atoms with E-state index in [9.17, 15) is 0 Å². The van der Waals surface area contributed by atoms with Gasteiger partial charge < -0.3 is 19.9 Å². The van der Waals surface area contributed by atoms with Crippen LogP contribution in [0.25, 0.3) is 35.1 Å². The van der Waals surface area contributed by atoms with E-state index in [2.05, 4.69) is 55.4 Å². The molecule has 3 aromatic rings. The lowest BCUT2D eigenvalue weighted by atomic mass is 10.0. The molecule has 1 atom stereocenters. The van der Waals surface area contributed by atoms with Crippen LogP contribution in [0.1, 0.15) is 56.8 Å². The van der Waals surface area contributed by atoms with Crippen molar-refractivity contribution in [1.82, 2.24) is 0 Å². The first-order valence-electron chi connectivity index (χ1n) is 12.4. The van der Waals surface area contributed by atoms with E-state index in [0.29, 0.717) is 5.76 Å². The van der Waals surface area contributed by atoms with Crippen LogP contribution >= 0.6 is 0 Å². The number of hydrogen-bond acceptors (Lipinski definition) is 4. The van der Waals surface area contributed by atoms with Crippen molar-refractivity contribution in [1.29, 1.82) is 0 Å². The number of benzene rings is 2. The molecule has 0 aliphatic rings. The third-order valence-electron chi connectivity index (χ3n) is 4.84. The number of hydrogen-bond donors (Lipinski definition) is 3. The molecule has 4 heteroatoms. The fourth-order valence-corrected chi connectivity index (χ4v) is 3.40. The van der Waals surface area contributed by atoms with Gasteiger partial charge in [-0.2, -0.15) is 0 Å². The summed E-state index contributed by atoms with van der Waals surface area (Å²) in [6.07, 6.45) is 13.8. The number of anilines is 1. The molecule has 1 heterocycles. The maximum Gasteiger partial charge on any atom is 0.134 e. The molecule has 0 spiro atoms. The van der Waals surface area contributed by atoms with E-state index >= 15 is 0 Å². The summed E-state index contributed by atoms with van der Waals surface area (Å²) >= 11 is 0. The van der Waals surface area contributed by atoms with Gasteiger partial charge in [-0.1, -0.05) is 95.5 Å². The zero-order valence-electron chi connectivity index (χ0n) is 22.5. The summed E-state index contributed by atoms with van der Waals surface area (Å²) in [4.78, 5) is 0. The number of rotatable bonds is 10. The van der Waals surface area contributed by atoms with Crippen LogP contribution in [0.4, 0.5) is 5.69 Å². The second-order valence-corrected chi connectivity index (χ2v) is 6.84. The highest BCUT2D eigenvalue weighted by atomic mass is 16.3. The largest absolute Gasteiger partial charge is 0.457 e. The van der Waals surface area contributed by atoms with Gasteiger partial charge in [-0.25, -0.2) is 0 Å². The predicted octanol–water partition coefficient (Wildman–Crippen LogP) is 8.46.